The molecular formula is C26H36OS. The minimum Gasteiger partial charge on any atom is -0.367 e. The van der Waals surface area contributed by atoms with Crippen LogP contribution in [0, 0.1) is 0 Å². The first-order valence-corrected chi connectivity index (χ1v) is 11.4. The molecule has 1 unspecified atom stereocenters. The molecule has 0 spiro atoms. The Labute approximate surface area is 176 Å². The normalized spacial score (nSPS) is 19.6. The summed E-state index contributed by atoms with van der Waals surface area (Å²) in [4.78, 5) is 1.28. The number of hydrogen-bond donors (Lipinski definition) is 0. The van der Waals surface area contributed by atoms with Crippen LogP contribution in [-0.2, 0) is 4.74 Å². The highest BCUT2D eigenvalue weighted by atomic mass is 32.2. The lowest BCUT2D eigenvalue weighted by molar-refractivity contribution is 0.320. The maximum absolute atomic E-state index is 5.66. The van der Waals surface area contributed by atoms with Gasteiger partial charge in [-0.05, 0) is 83.8 Å². The molecule has 1 aromatic rings. The van der Waals surface area contributed by atoms with E-state index in [-0.39, 0.29) is 5.60 Å². The van der Waals surface area contributed by atoms with Crippen molar-refractivity contribution in [2.75, 3.05) is 0 Å². The van der Waals surface area contributed by atoms with E-state index in [4.69, 9.17) is 4.74 Å². The summed E-state index contributed by atoms with van der Waals surface area (Å²) in [6.07, 6.45) is 18.6. The topological polar surface area (TPSA) is 12.5 Å². The number of benzene rings is 1. The minimum atomic E-state index is 0.130. The van der Waals surface area contributed by atoms with E-state index < -0.39 is 0 Å². The van der Waals surface area contributed by atoms with Crippen molar-refractivity contribution < 1.29 is 4.74 Å². The quantitative estimate of drug-likeness (QED) is 0.116. The van der Waals surface area contributed by atoms with Gasteiger partial charge >= 0.3 is 0 Å². The molecule has 0 aromatic heterocycles. The zero-order valence-corrected chi connectivity index (χ0v) is 18.8. The van der Waals surface area contributed by atoms with Gasteiger partial charge < -0.3 is 4.74 Å². The highest BCUT2D eigenvalue weighted by Crippen LogP contribution is 2.38. The van der Waals surface area contributed by atoms with E-state index in [1.54, 1.807) is 11.8 Å². The second-order valence-electron chi connectivity index (χ2n) is 8.15. The second kappa shape index (κ2) is 12.1. The molecule has 0 N–H and O–H groups in total. The molecule has 152 valence electrons. The van der Waals surface area contributed by atoms with Gasteiger partial charge in [-0.15, -0.1) is 0 Å². The van der Waals surface area contributed by atoms with Gasteiger partial charge in [0.15, 0.2) is 0 Å². The molecule has 1 fully saturated rings. The fraction of sp³-hybridized carbons (Fsp3) is 0.462. The lowest BCUT2D eigenvalue weighted by Gasteiger charge is -2.02. The second-order valence-corrected chi connectivity index (χ2v) is 9.13. The SMILES string of the molecule is C/C(=C\CC/C=C/C=C/Sc1ccccc1)CC/C=C(\C)CCC1OC1(C)C. The largest absolute Gasteiger partial charge is 0.367 e. The van der Waals surface area contributed by atoms with Crippen molar-refractivity contribution in [3.63, 3.8) is 0 Å². The Hall–Kier alpha value is -1.51. The van der Waals surface area contributed by atoms with Gasteiger partial charge in [0.1, 0.15) is 0 Å². The lowest BCUT2D eigenvalue weighted by atomic mass is 10.0. The molecule has 2 rings (SSSR count). The van der Waals surface area contributed by atoms with Crippen LogP contribution >= 0.6 is 11.8 Å². The average molecular weight is 397 g/mol. The number of ether oxygens (including phenoxy) is 1. The number of unbranched alkanes of at least 4 members (excludes halogenated alkanes) is 1. The predicted octanol–water partition coefficient (Wildman–Crippen LogP) is 8.26. The number of thioether (sulfide) groups is 1. The molecule has 1 aliphatic heterocycles. The predicted molar refractivity (Wildman–Crippen MR) is 125 cm³/mol. The Kier molecular flexibility index (Phi) is 9.87. The van der Waals surface area contributed by atoms with Crippen molar-refractivity contribution in [3.8, 4) is 0 Å². The van der Waals surface area contributed by atoms with Crippen molar-refractivity contribution in [1.82, 2.24) is 0 Å². The van der Waals surface area contributed by atoms with Gasteiger partial charge in [-0.2, -0.15) is 0 Å². The first-order valence-electron chi connectivity index (χ1n) is 10.5. The molecule has 0 saturated carbocycles. The van der Waals surface area contributed by atoms with Crippen molar-refractivity contribution in [1.29, 1.82) is 0 Å². The fourth-order valence-corrected chi connectivity index (χ4v) is 3.75. The Balaban J connectivity index is 1.52. The summed E-state index contributed by atoms with van der Waals surface area (Å²) >= 11 is 1.75. The molecule has 1 atom stereocenters. The van der Waals surface area contributed by atoms with Gasteiger partial charge in [-0.1, -0.05) is 71.5 Å². The van der Waals surface area contributed by atoms with Crippen LogP contribution in [-0.4, -0.2) is 11.7 Å². The molecule has 0 radical (unpaired) electrons. The van der Waals surface area contributed by atoms with Crippen molar-refractivity contribution in [3.05, 3.63) is 77.3 Å². The Morgan fingerprint density at radius 3 is 2.36 bits per heavy atom. The summed E-state index contributed by atoms with van der Waals surface area (Å²) in [5.41, 5.74) is 3.13. The number of epoxide rings is 1. The zero-order chi connectivity index (χ0) is 20.2. The van der Waals surface area contributed by atoms with Gasteiger partial charge in [0.05, 0.1) is 11.7 Å². The van der Waals surface area contributed by atoms with Crippen LogP contribution < -0.4 is 0 Å². The molecule has 0 amide bonds. The van der Waals surface area contributed by atoms with E-state index in [0.29, 0.717) is 6.10 Å². The highest BCUT2D eigenvalue weighted by Gasteiger charge is 2.46. The smallest absolute Gasteiger partial charge is 0.0892 e. The summed E-state index contributed by atoms with van der Waals surface area (Å²) < 4.78 is 5.66. The van der Waals surface area contributed by atoms with Gasteiger partial charge in [0, 0.05) is 4.90 Å². The molecule has 0 bridgehead atoms. The van der Waals surface area contributed by atoms with Crippen molar-refractivity contribution in [2.45, 2.75) is 82.8 Å². The van der Waals surface area contributed by atoms with E-state index in [9.17, 15) is 0 Å². The molecular weight excluding hydrogens is 360 g/mol. The molecule has 1 aliphatic rings. The third-order valence-corrected chi connectivity index (χ3v) is 5.93. The van der Waals surface area contributed by atoms with Crippen LogP contribution in [0.25, 0.3) is 0 Å². The summed E-state index contributed by atoms with van der Waals surface area (Å²) in [6.45, 7) is 8.87. The molecule has 1 aromatic carbocycles. The van der Waals surface area contributed by atoms with E-state index >= 15 is 0 Å². The fourth-order valence-electron chi connectivity index (χ4n) is 3.11. The van der Waals surface area contributed by atoms with E-state index in [1.165, 1.54) is 22.5 Å². The summed E-state index contributed by atoms with van der Waals surface area (Å²) in [7, 11) is 0. The van der Waals surface area contributed by atoms with Crippen LogP contribution in [0.5, 0.6) is 0 Å². The summed E-state index contributed by atoms with van der Waals surface area (Å²) in [6, 6.07) is 10.4. The van der Waals surface area contributed by atoms with Crippen molar-refractivity contribution >= 4 is 11.8 Å². The van der Waals surface area contributed by atoms with E-state index in [2.05, 4.69) is 87.7 Å². The number of hydrogen-bond acceptors (Lipinski definition) is 2. The van der Waals surface area contributed by atoms with Crippen LogP contribution in [0.2, 0.25) is 0 Å². The number of rotatable bonds is 12. The van der Waals surface area contributed by atoms with Crippen molar-refractivity contribution in [2.24, 2.45) is 0 Å². The third-order valence-electron chi connectivity index (χ3n) is 5.10. The van der Waals surface area contributed by atoms with Crippen LogP contribution in [0.1, 0.15) is 66.2 Å². The zero-order valence-electron chi connectivity index (χ0n) is 18.0. The van der Waals surface area contributed by atoms with Crippen LogP contribution in [0.4, 0.5) is 0 Å². The van der Waals surface area contributed by atoms with Crippen LogP contribution in [0.15, 0.2) is 82.2 Å². The van der Waals surface area contributed by atoms with Gasteiger partial charge in [-0.25, -0.2) is 0 Å². The van der Waals surface area contributed by atoms with E-state index in [1.807, 2.05) is 6.07 Å². The van der Waals surface area contributed by atoms with E-state index in [0.717, 1.165) is 32.1 Å². The Bertz CT molecular complexity index is 694. The first kappa shape index (κ1) is 22.8. The minimum absolute atomic E-state index is 0.130. The Morgan fingerprint density at radius 2 is 1.64 bits per heavy atom. The molecule has 28 heavy (non-hydrogen) atoms. The number of allylic oxidation sites excluding steroid dienone is 7. The molecule has 1 saturated heterocycles. The lowest BCUT2D eigenvalue weighted by Crippen LogP contribution is -2.02. The third kappa shape index (κ3) is 9.61. The highest BCUT2D eigenvalue weighted by molar-refractivity contribution is 8.02. The standard InChI is InChI=1S/C26H36OS/c1-22(15-13-16-23(2)19-20-25-26(3,4)27-25)14-9-6-5-7-12-21-28-24-17-10-8-11-18-24/h5,7-8,10-12,14,16-18,21,25H,6,9,13,15,19-20H2,1-4H3/b7-5+,21-12+,22-14+,23-16+. The maximum atomic E-state index is 5.66. The summed E-state index contributed by atoms with van der Waals surface area (Å²) in [5.74, 6) is 0. The molecule has 0 aliphatic carbocycles. The Morgan fingerprint density at radius 1 is 0.964 bits per heavy atom. The first-order chi connectivity index (χ1) is 13.5. The maximum Gasteiger partial charge on any atom is 0.0892 e. The van der Waals surface area contributed by atoms with Gasteiger partial charge in [0.25, 0.3) is 0 Å². The molecule has 1 heterocycles. The summed E-state index contributed by atoms with van der Waals surface area (Å²) in [5, 5.41) is 2.14. The average Bonchev–Trinajstić information content (AvgIpc) is 3.29. The van der Waals surface area contributed by atoms with Gasteiger partial charge in [0.2, 0.25) is 0 Å². The monoisotopic (exact) mass is 396 g/mol. The van der Waals surface area contributed by atoms with Gasteiger partial charge in [-0.3, -0.25) is 0 Å². The molecule has 2 heteroatoms. The van der Waals surface area contributed by atoms with Crippen LogP contribution in [0.3, 0.4) is 0 Å². The molecule has 1 nitrogen and oxygen atoms in total.